The van der Waals surface area contributed by atoms with E-state index in [0.29, 0.717) is 18.8 Å². The van der Waals surface area contributed by atoms with Gasteiger partial charge in [0.1, 0.15) is 12.0 Å². The fourth-order valence-electron chi connectivity index (χ4n) is 1.77. The first-order valence-electron chi connectivity index (χ1n) is 4.83. The van der Waals surface area contributed by atoms with E-state index in [2.05, 4.69) is 0 Å². The second-order valence-electron chi connectivity index (χ2n) is 4.23. The Balaban J connectivity index is 2.91. The van der Waals surface area contributed by atoms with E-state index < -0.39 is 5.92 Å². The van der Waals surface area contributed by atoms with Crippen LogP contribution in [0, 0.1) is 11.3 Å². The lowest BCUT2D eigenvalue weighted by atomic mass is 9.71. The van der Waals surface area contributed by atoms with Gasteiger partial charge in [-0.15, -0.1) is 0 Å². The van der Waals surface area contributed by atoms with Gasteiger partial charge < -0.3 is 9.53 Å². The van der Waals surface area contributed by atoms with Gasteiger partial charge in [-0.25, -0.2) is 0 Å². The van der Waals surface area contributed by atoms with Gasteiger partial charge >= 0.3 is 0 Å². The van der Waals surface area contributed by atoms with E-state index in [4.69, 9.17) is 4.74 Å². The van der Waals surface area contributed by atoms with Gasteiger partial charge in [0.15, 0.2) is 5.78 Å². The fourth-order valence-corrected chi connectivity index (χ4v) is 1.77. The number of hydrogen-bond acceptors (Lipinski definition) is 3. The predicted molar refractivity (Wildman–Crippen MR) is 52.7 cm³/mol. The number of hydrogen-bond donors (Lipinski definition) is 0. The van der Waals surface area contributed by atoms with E-state index in [9.17, 15) is 9.59 Å². The van der Waals surface area contributed by atoms with Crippen molar-refractivity contribution in [2.24, 2.45) is 11.3 Å². The van der Waals surface area contributed by atoms with Gasteiger partial charge in [0.25, 0.3) is 0 Å². The molecule has 0 radical (unpaired) electrons. The number of carbonyl (C=O) groups is 2. The molecule has 0 bridgehead atoms. The molecule has 0 aliphatic heterocycles. The Morgan fingerprint density at radius 2 is 2.29 bits per heavy atom. The number of ether oxygens (including phenoxy) is 1. The van der Waals surface area contributed by atoms with Gasteiger partial charge in [-0.05, 0) is 12.3 Å². The molecule has 0 aromatic heterocycles. The Morgan fingerprint density at radius 3 is 2.71 bits per heavy atom. The summed E-state index contributed by atoms with van der Waals surface area (Å²) in [6.45, 7) is 6.26. The summed E-state index contributed by atoms with van der Waals surface area (Å²) >= 11 is 0. The third-order valence-electron chi connectivity index (χ3n) is 2.55. The zero-order chi connectivity index (χ0) is 10.8. The van der Waals surface area contributed by atoms with Crippen LogP contribution in [0.4, 0.5) is 0 Å². The molecule has 1 unspecified atom stereocenters. The van der Waals surface area contributed by atoms with E-state index in [-0.39, 0.29) is 11.2 Å². The summed E-state index contributed by atoms with van der Waals surface area (Å²) in [4.78, 5) is 22.3. The minimum Gasteiger partial charge on any atom is -0.498 e. The molecule has 14 heavy (non-hydrogen) atoms. The van der Waals surface area contributed by atoms with E-state index in [1.165, 1.54) is 6.08 Å². The molecule has 78 valence electrons. The number of rotatable bonds is 3. The predicted octanol–water partition coefficient (Wildman–Crippen LogP) is 1.72. The molecule has 0 amide bonds. The minimum atomic E-state index is -0.522. The van der Waals surface area contributed by atoms with Gasteiger partial charge in [-0.3, -0.25) is 4.79 Å². The van der Waals surface area contributed by atoms with Crippen LogP contribution in [0.15, 0.2) is 11.8 Å². The van der Waals surface area contributed by atoms with Gasteiger partial charge in [-0.2, -0.15) is 0 Å². The first kappa shape index (κ1) is 11.0. The summed E-state index contributed by atoms with van der Waals surface area (Å²) < 4.78 is 5.31. The van der Waals surface area contributed by atoms with Crippen LogP contribution in [0.3, 0.4) is 0 Å². The third-order valence-corrected chi connectivity index (χ3v) is 2.55. The molecular weight excluding hydrogens is 180 g/mol. The molecule has 3 nitrogen and oxygen atoms in total. The van der Waals surface area contributed by atoms with Crippen molar-refractivity contribution in [1.82, 2.24) is 0 Å². The zero-order valence-electron chi connectivity index (χ0n) is 8.87. The molecule has 3 heteroatoms. The molecule has 0 spiro atoms. The lowest BCUT2D eigenvalue weighted by molar-refractivity contribution is -0.129. The number of ketones is 1. The quantitative estimate of drug-likeness (QED) is 0.510. The Bertz CT molecular complexity index is 276. The van der Waals surface area contributed by atoms with Gasteiger partial charge in [-0.1, -0.05) is 13.8 Å². The topological polar surface area (TPSA) is 43.4 Å². The summed E-state index contributed by atoms with van der Waals surface area (Å²) in [5.74, 6) is 0.0343. The van der Waals surface area contributed by atoms with Crippen LogP contribution in [0.25, 0.3) is 0 Å². The van der Waals surface area contributed by atoms with Crippen molar-refractivity contribution in [2.45, 2.75) is 27.2 Å². The van der Waals surface area contributed by atoms with Crippen LogP contribution >= 0.6 is 0 Å². The summed E-state index contributed by atoms with van der Waals surface area (Å²) in [5.41, 5.74) is -0.321. The van der Waals surface area contributed by atoms with Crippen LogP contribution in [0.2, 0.25) is 0 Å². The van der Waals surface area contributed by atoms with Crippen molar-refractivity contribution in [3.63, 3.8) is 0 Å². The average Bonchev–Trinajstić information content (AvgIpc) is 2.02. The molecule has 0 saturated heterocycles. The second kappa shape index (κ2) is 3.95. The molecule has 0 aromatic carbocycles. The molecule has 0 aromatic rings. The molecule has 0 N–H and O–H groups in total. The lowest BCUT2D eigenvalue weighted by Gasteiger charge is -2.33. The van der Waals surface area contributed by atoms with Crippen LogP contribution in [-0.2, 0) is 14.3 Å². The summed E-state index contributed by atoms with van der Waals surface area (Å²) in [5, 5.41) is 0. The number of allylic oxidation sites excluding steroid dienone is 2. The first-order chi connectivity index (χ1) is 6.51. The number of aldehydes is 1. The molecule has 1 aliphatic rings. The standard InChI is InChI=1S/C11H16O3/c1-4-14-8-5-10(13)9(7-12)11(2,3)6-8/h5,7,9H,4,6H2,1-3H3. The summed E-state index contributed by atoms with van der Waals surface area (Å²) in [6.07, 6.45) is 2.84. The third kappa shape index (κ3) is 2.03. The van der Waals surface area contributed by atoms with Crippen molar-refractivity contribution in [3.8, 4) is 0 Å². The highest BCUT2D eigenvalue weighted by atomic mass is 16.5. The maximum absolute atomic E-state index is 11.5. The van der Waals surface area contributed by atoms with E-state index >= 15 is 0 Å². The molecule has 0 fully saturated rings. The lowest BCUT2D eigenvalue weighted by Crippen LogP contribution is -2.35. The van der Waals surface area contributed by atoms with Crippen LogP contribution < -0.4 is 0 Å². The highest BCUT2D eigenvalue weighted by molar-refractivity contribution is 6.02. The SMILES string of the molecule is CCOC1=CC(=O)C(C=O)C(C)(C)C1. The number of carbonyl (C=O) groups excluding carboxylic acids is 2. The van der Waals surface area contributed by atoms with E-state index in [1.807, 2.05) is 20.8 Å². The van der Waals surface area contributed by atoms with Crippen LogP contribution in [-0.4, -0.2) is 18.7 Å². The van der Waals surface area contributed by atoms with Crippen LogP contribution in [0.5, 0.6) is 0 Å². The second-order valence-corrected chi connectivity index (χ2v) is 4.23. The van der Waals surface area contributed by atoms with Crippen molar-refractivity contribution >= 4 is 12.1 Å². The van der Waals surface area contributed by atoms with E-state index in [1.54, 1.807) is 0 Å². The Kier molecular flexibility index (Phi) is 3.09. The Labute approximate surface area is 84.1 Å². The molecule has 1 aliphatic carbocycles. The highest BCUT2D eigenvalue weighted by Crippen LogP contribution is 2.37. The van der Waals surface area contributed by atoms with Crippen LogP contribution in [0.1, 0.15) is 27.2 Å². The van der Waals surface area contributed by atoms with Crippen molar-refractivity contribution < 1.29 is 14.3 Å². The van der Waals surface area contributed by atoms with Gasteiger partial charge in [0, 0.05) is 12.5 Å². The smallest absolute Gasteiger partial charge is 0.169 e. The van der Waals surface area contributed by atoms with Crippen molar-refractivity contribution in [3.05, 3.63) is 11.8 Å². The largest absolute Gasteiger partial charge is 0.498 e. The maximum Gasteiger partial charge on any atom is 0.169 e. The molecule has 1 rings (SSSR count). The summed E-state index contributed by atoms with van der Waals surface area (Å²) in [6, 6.07) is 0. The Morgan fingerprint density at radius 1 is 1.64 bits per heavy atom. The van der Waals surface area contributed by atoms with Crippen molar-refractivity contribution in [2.75, 3.05) is 6.61 Å². The monoisotopic (exact) mass is 196 g/mol. The van der Waals surface area contributed by atoms with Gasteiger partial charge in [0.05, 0.1) is 12.5 Å². The van der Waals surface area contributed by atoms with Crippen molar-refractivity contribution in [1.29, 1.82) is 0 Å². The maximum atomic E-state index is 11.5. The molecular formula is C11H16O3. The summed E-state index contributed by atoms with van der Waals surface area (Å²) in [7, 11) is 0. The average molecular weight is 196 g/mol. The minimum absolute atomic E-state index is 0.139. The highest BCUT2D eigenvalue weighted by Gasteiger charge is 2.38. The van der Waals surface area contributed by atoms with E-state index in [0.717, 1.165) is 6.29 Å². The Hall–Kier alpha value is -1.12. The van der Waals surface area contributed by atoms with Gasteiger partial charge in [0.2, 0.25) is 0 Å². The normalized spacial score (nSPS) is 25.5. The molecule has 0 heterocycles. The molecule has 0 saturated carbocycles. The fraction of sp³-hybridized carbons (Fsp3) is 0.636. The zero-order valence-corrected chi connectivity index (χ0v) is 8.87. The molecule has 1 atom stereocenters. The first-order valence-corrected chi connectivity index (χ1v) is 4.83.